The number of anilines is 3. The van der Waals surface area contributed by atoms with Crippen LogP contribution in [0, 0.1) is 6.92 Å². The van der Waals surface area contributed by atoms with Crippen molar-refractivity contribution in [2.24, 2.45) is 0 Å². The second-order valence-corrected chi connectivity index (χ2v) is 8.67. The minimum atomic E-state index is -4.61. The second kappa shape index (κ2) is 10.7. The number of alkyl halides is 5. The lowest BCUT2D eigenvalue weighted by molar-refractivity contribution is -0.141. The standard InChI is InChI=1S/C21H20F5N7O2S/c1-11-18(20(36-32-11)31-16-8-27-14(7-28-16)21(24,25)26)19(34)30-12-2-3-17(29-6-12)35-13-4-5-33(9-13)10-15(22)23/h2-3,6-8,13,15H,4-5,9-10H2,1H3,(H,28,31)(H,30,34)/t13-/m0/s1. The summed E-state index contributed by atoms with van der Waals surface area (Å²) in [5.41, 5.74) is -0.178. The number of nitrogens with zero attached hydrogens (tertiary/aromatic N) is 5. The second-order valence-electron chi connectivity index (χ2n) is 7.90. The number of ether oxygens (including phenoxy) is 1. The van der Waals surface area contributed by atoms with E-state index in [-0.39, 0.29) is 29.0 Å². The van der Waals surface area contributed by atoms with Crippen LogP contribution in [0.15, 0.2) is 30.7 Å². The molecule has 1 saturated heterocycles. The summed E-state index contributed by atoms with van der Waals surface area (Å²) < 4.78 is 73.0. The molecule has 0 aromatic carbocycles. The lowest BCUT2D eigenvalue weighted by Crippen LogP contribution is -2.29. The fourth-order valence-corrected chi connectivity index (χ4v) is 4.32. The number of pyridine rings is 1. The summed E-state index contributed by atoms with van der Waals surface area (Å²) in [5, 5.41) is 5.73. The Bertz CT molecular complexity index is 1190. The number of rotatable bonds is 8. The number of hydrogen-bond acceptors (Lipinski definition) is 9. The van der Waals surface area contributed by atoms with Crippen LogP contribution in [0.5, 0.6) is 5.88 Å². The fourth-order valence-electron chi connectivity index (χ4n) is 3.52. The van der Waals surface area contributed by atoms with Gasteiger partial charge in [0.05, 0.1) is 42.1 Å². The maximum Gasteiger partial charge on any atom is 0.434 e. The van der Waals surface area contributed by atoms with Crippen LogP contribution < -0.4 is 15.4 Å². The molecule has 0 bridgehead atoms. The summed E-state index contributed by atoms with van der Waals surface area (Å²) >= 11 is 0.945. The number of likely N-dealkylation sites (tertiary alicyclic amines) is 1. The minimum absolute atomic E-state index is 0.0166. The van der Waals surface area contributed by atoms with Crippen molar-refractivity contribution >= 4 is 33.9 Å². The predicted octanol–water partition coefficient (Wildman–Crippen LogP) is 4.37. The average Bonchev–Trinajstić information content (AvgIpc) is 3.40. The number of carbonyl (C=O) groups is 1. The van der Waals surface area contributed by atoms with Gasteiger partial charge < -0.3 is 15.4 Å². The average molecular weight is 529 g/mol. The SMILES string of the molecule is Cc1nsc(Nc2cnc(C(F)(F)F)cn2)c1C(=O)Nc1ccc(O[C@H]2CCN(CC(F)F)C2)nc1. The van der Waals surface area contributed by atoms with Crippen molar-refractivity contribution in [3.8, 4) is 5.88 Å². The van der Waals surface area contributed by atoms with Crippen LogP contribution in [0.1, 0.15) is 28.2 Å². The first-order valence-corrected chi connectivity index (χ1v) is 11.4. The molecule has 3 aromatic heterocycles. The molecule has 0 radical (unpaired) electrons. The zero-order valence-electron chi connectivity index (χ0n) is 18.7. The summed E-state index contributed by atoms with van der Waals surface area (Å²) in [5.74, 6) is -0.200. The molecule has 4 heterocycles. The molecular formula is C21H20F5N7O2S. The van der Waals surface area contributed by atoms with Gasteiger partial charge in [-0.1, -0.05) is 0 Å². The van der Waals surface area contributed by atoms with Gasteiger partial charge in [0.15, 0.2) is 5.69 Å². The Morgan fingerprint density at radius 3 is 2.67 bits per heavy atom. The topological polar surface area (TPSA) is 105 Å². The van der Waals surface area contributed by atoms with Gasteiger partial charge in [-0.3, -0.25) is 9.69 Å². The highest BCUT2D eigenvalue weighted by atomic mass is 32.1. The van der Waals surface area contributed by atoms with Crippen LogP contribution in [-0.2, 0) is 6.18 Å². The summed E-state index contributed by atoms with van der Waals surface area (Å²) in [6.45, 7) is 2.22. The predicted molar refractivity (Wildman–Crippen MR) is 121 cm³/mol. The van der Waals surface area contributed by atoms with Crippen LogP contribution >= 0.6 is 11.5 Å². The highest BCUT2D eigenvalue weighted by Gasteiger charge is 2.33. The van der Waals surface area contributed by atoms with E-state index in [2.05, 4.69) is 30.0 Å². The number of nitrogens with one attached hydrogen (secondary N) is 2. The molecule has 1 aliphatic heterocycles. The molecule has 0 aliphatic carbocycles. The largest absolute Gasteiger partial charge is 0.473 e. The summed E-state index contributed by atoms with van der Waals surface area (Å²) in [7, 11) is 0. The molecule has 0 unspecified atom stereocenters. The zero-order chi connectivity index (χ0) is 25.9. The third kappa shape index (κ3) is 6.40. The van der Waals surface area contributed by atoms with Crippen molar-refractivity contribution in [1.82, 2.24) is 24.2 Å². The van der Waals surface area contributed by atoms with E-state index >= 15 is 0 Å². The first-order valence-electron chi connectivity index (χ1n) is 10.7. The molecule has 1 atom stereocenters. The molecule has 0 spiro atoms. The Morgan fingerprint density at radius 1 is 1.22 bits per heavy atom. The molecule has 3 aromatic rings. The summed E-state index contributed by atoms with van der Waals surface area (Å²) in [6, 6.07) is 3.14. The lowest BCUT2D eigenvalue weighted by atomic mass is 10.2. The Hall–Kier alpha value is -3.46. The van der Waals surface area contributed by atoms with Crippen molar-refractivity contribution in [3.63, 3.8) is 0 Å². The van der Waals surface area contributed by atoms with Gasteiger partial charge in [-0.2, -0.15) is 17.5 Å². The van der Waals surface area contributed by atoms with Gasteiger partial charge in [0.2, 0.25) is 5.88 Å². The molecule has 15 heteroatoms. The van der Waals surface area contributed by atoms with Crippen LogP contribution in [0.3, 0.4) is 0 Å². The number of halogens is 5. The molecule has 2 N–H and O–H groups in total. The van der Waals surface area contributed by atoms with E-state index in [0.717, 1.165) is 17.7 Å². The van der Waals surface area contributed by atoms with E-state index in [4.69, 9.17) is 4.74 Å². The van der Waals surface area contributed by atoms with Crippen LogP contribution in [-0.4, -0.2) is 62.3 Å². The molecule has 4 rings (SSSR count). The van der Waals surface area contributed by atoms with Crippen LogP contribution in [0.25, 0.3) is 0 Å². The van der Waals surface area contributed by atoms with Crippen molar-refractivity contribution in [3.05, 3.63) is 47.7 Å². The summed E-state index contributed by atoms with van der Waals surface area (Å²) in [6.07, 6.45) is -3.76. The van der Waals surface area contributed by atoms with E-state index in [1.54, 1.807) is 24.0 Å². The Balaban J connectivity index is 1.37. The first-order chi connectivity index (χ1) is 17.1. The minimum Gasteiger partial charge on any atom is -0.473 e. The Morgan fingerprint density at radius 2 is 2.03 bits per heavy atom. The Kier molecular flexibility index (Phi) is 7.59. The smallest absolute Gasteiger partial charge is 0.434 e. The van der Waals surface area contributed by atoms with Gasteiger partial charge in [0.1, 0.15) is 16.9 Å². The monoisotopic (exact) mass is 529 g/mol. The fraction of sp³-hybridized carbons (Fsp3) is 0.381. The van der Waals surface area contributed by atoms with Gasteiger partial charge in [0, 0.05) is 19.2 Å². The van der Waals surface area contributed by atoms with Gasteiger partial charge in [-0.15, -0.1) is 0 Å². The van der Waals surface area contributed by atoms with E-state index < -0.39 is 24.2 Å². The third-order valence-electron chi connectivity index (χ3n) is 5.18. The van der Waals surface area contributed by atoms with Crippen molar-refractivity contribution in [2.75, 3.05) is 30.3 Å². The first kappa shape index (κ1) is 25.6. The Labute approximate surface area is 205 Å². The third-order valence-corrected chi connectivity index (χ3v) is 6.03. The van der Waals surface area contributed by atoms with E-state index in [1.165, 1.54) is 6.20 Å². The maximum atomic E-state index is 12.9. The molecule has 9 nitrogen and oxygen atoms in total. The number of aryl methyl sites for hydroxylation is 1. The molecule has 1 aliphatic rings. The van der Waals surface area contributed by atoms with Crippen LogP contribution in [0.4, 0.5) is 38.5 Å². The van der Waals surface area contributed by atoms with E-state index in [0.29, 0.717) is 43.0 Å². The van der Waals surface area contributed by atoms with Crippen LogP contribution in [0.2, 0.25) is 0 Å². The highest BCUT2D eigenvalue weighted by molar-refractivity contribution is 7.10. The zero-order valence-corrected chi connectivity index (χ0v) is 19.5. The van der Waals surface area contributed by atoms with Gasteiger partial charge >= 0.3 is 6.18 Å². The highest BCUT2D eigenvalue weighted by Crippen LogP contribution is 2.30. The number of hydrogen-bond donors (Lipinski definition) is 2. The molecule has 0 saturated carbocycles. The normalized spacial score (nSPS) is 16.4. The molecule has 1 amide bonds. The maximum absolute atomic E-state index is 12.9. The quantitative estimate of drug-likeness (QED) is 0.415. The van der Waals surface area contributed by atoms with Gasteiger partial charge in [-0.25, -0.2) is 23.7 Å². The molecular weight excluding hydrogens is 509 g/mol. The molecule has 36 heavy (non-hydrogen) atoms. The van der Waals surface area contributed by atoms with Crippen molar-refractivity contribution in [2.45, 2.75) is 32.1 Å². The number of aromatic nitrogens is 4. The van der Waals surface area contributed by atoms with Gasteiger partial charge in [-0.05, 0) is 30.9 Å². The molecule has 1 fully saturated rings. The number of carbonyl (C=O) groups excluding carboxylic acids is 1. The van der Waals surface area contributed by atoms with E-state index in [1.807, 2.05) is 0 Å². The van der Waals surface area contributed by atoms with Crippen molar-refractivity contribution in [1.29, 1.82) is 0 Å². The molecule has 192 valence electrons. The van der Waals surface area contributed by atoms with E-state index in [9.17, 15) is 26.7 Å². The lowest BCUT2D eigenvalue weighted by Gasteiger charge is -2.16. The van der Waals surface area contributed by atoms with Gasteiger partial charge in [0.25, 0.3) is 12.3 Å². The number of amides is 1. The van der Waals surface area contributed by atoms with Crippen molar-refractivity contribution < 1.29 is 31.5 Å². The summed E-state index contributed by atoms with van der Waals surface area (Å²) in [4.78, 5) is 25.7.